The zero-order chi connectivity index (χ0) is 19.2. The molecule has 27 heavy (non-hydrogen) atoms. The highest BCUT2D eigenvalue weighted by Crippen LogP contribution is 2.12. The minimum atomic E-state index is -0.583. The second-order valence-corrected chi connectivity index (χ2v) is 6.58. The molecule has 1 aliphatic rings. The maximum atomic E-state index is 12.3. The number of likely N-dealkylation sites (tertiary alicyclic amines) is 1. The molecule has 1 fully saturated rings. The number of benzene rings is 1. The van der Waals surface area contributed by atoms with Crippen LogP contribution in [0, 0.1) is 0 Å². The molecule has 8 nitrogen and oxygen atoms in total. The minimum Gasteiger partial charge on any atom is -0.341 e. The molecule has 0 aliphatic carbocycles. The van der Waals surface area contributed by atoms with E-state index in [0.717, 1.165) is 31.5 Å². The monoisotopic (exact) mass is 369 g/mol. The Kier molecular flexibility index (Phi) is 5.85. The van der Waals surface area contributed by atoms with Crippen LogP contribution in [0.3, 0.4) is 0 Å². The van der Waals surface area contributed by atoms with E-state index >= 15 is 0 Å². The number of anilines is 1. The number of carbonyl (C=O) groups excluding carboxylic acids is 2. The molecule has 142 valence electrons. The quantitative estimate of drug-likeness (QED) is 0.833. The van der Waals surface area contributed by atoms with Crippen molar-refractivity contribution in [3.8, 4) is 0 Å². The van der Waals surface area contributed by atoms with Crippen molar-refractivity contribution >= 4 is 17.6 Å². The topological polar surface area (TPSA) is 96.3 Å². The average molecular weight is 369 g/mol. The van der Waals surface area contributed by atoms with Gasteiger partial charge in [0, 0.05) is 31.2 Å². The highest BCUT2D eigenvalue weighted by molar-refractivity contribution is 5.93. The highest BCUT2D eigenvalue weighted by Gasteiger charge is 2.24. The van der Waals surface area contributed by atoms with E-state index in [1.165, 1.54) is 10.8 Å². The van der Waals surface area contributed by atoms with E-state index in [1.54, 1.807) is 42.3 Å². The van der Waals surface area contributed by atoms with Crippen molar-refractivity contribution in [3.63, 3.8) is 0 Å². The van der Waals surface area contributed by atoms with Crippen molar-refractivity contribution in [2.45, 2.75) is 32.4 Å². The summed E-state index contributed by atoms with van der Waals surface area (Å²) >= 11 is 0. The van der Waals surface area contributed by atoms with E-state index < -0.39 is 12.1 Å². The SMILES string of the molecule is C[C@H](NC(=O)Nc1cccc(Cn2cccnc2=O)c1)C(=O)N1CCCC1. The third-order valence-corrected chi connectivity index (χ3v) is 4.46. The van der Waals surface area contributed by atoms with E-state index in [2.05, 4.69) is 15.6 Å². The maximum absolute atomic E-state index is 12.3. The Bertz CT molecular complexity index is 873. The predicted octanol–water partition coefficient (Wildman–Crippen LogP) is 1.42. The smallest absolute Gasteiger partial charge is 0.341 e. The van der Waals surface area contributed by atoms with Gasteiger partial charge in [0.1, 0.15) is 6.04 Å². The van der Waals surface area contributed by atoms with Crippen LogP contribution in [0.1, 0.15) is 25.3 Å². The standard InChI is InChI=1S/C19H23N5O3/c1-14(17(25)23-9-2-3-10-23)21-18(26)22-16-7-4-6-15(12-16)13-24-11-5-8-20-19(24)27/h4-8,11-12,14H,2-3,9-10,13H2,1H3,(H2,21,22,26)/t14-/m0/s1. The van der Waals surface area contributed by atoms with E-state index in [1.807, 2.05) is 6.07 Å². The number of hydrogen-bond acceptors (Lipinski definition) is 4. The lowest BCUT2D eigenvalue weighted by Gasteiger charge is -2.21. The van der Waals surface area contributed by atoms with Crippen LogP contribution < -0.4 is 16.3 Å². The fraction of sp³-hybridized carbons (Fsp3) is 0.368. The Morgan fingerprint density at radius 3 is 2.74 bits per heavy atom. The average Bonchev–Trinajstić information content (AvgIpc) is 3.18. The summed E-state index contributed by atoms with van der Waals surface area (Å²) in [6.07, 6.45) is 5.13. The summed E-state index contributed by atoms with van der Waals surface area (Å²) in [6, 6.07) is 7.86. The van der Waals surface area contributed by atoms with Gasteiger partial charge in [0.05, 0.1) is 6.54 Å². The number of hydrogen-bond donors (Lipinski definition) is 2. The first-order chi connectivity index (χ1) is 13.0. The molecule has 3 amide bonds. The third kappa shape index (κ3) is 4.93. The van der Waals surface area contributed by atoms with Gasteiger partial charge < -0.3 is 15.5 Å². The molecule has 1 saturated heterocycles. The van der Waals surface area contributed by atoms with Gasteiger partial charge in [0.25, 0.3) is 0 Å². The molecular weight excluding hydrogens is 346 g/mol. The summed E-state index contributed by atoms with van der Waals surface area (Å²) < 4.78 is 1.48. The van der Waals surface area contributed by atoms with Crippen LogP contribution in [0.25, 0.3) is 0 Å². The second kappa shape index (κ2) is 8.48. The van der Waals surface area contributed by atoms with Gasteiger partial charge in [-0.2, -0.15) is 0 Å². The zero-order valence-electron chi connectivity index (χ0n) is 15.2. The molecule has 8 heteroatoms. The third-order valence-electron chi connectivity index (χ3n) is 4.46. The van der Waals surface area contributed by atoms with Crippen LogP contribution in [-0.2, 0) is 11.3 Å². The van der Waals surface area contributed by atoms with Gasteiger partial charge in [-0.05, 0) is 43.5 Å². The van der Waals surface area contributed by atoms with Gasteiger partial charge in [-0.3, -0.25) is 9.36 Å². The first-order valence-electron chi connectivity index (χ1n) is 8.99. The van der Waals surface area contributed by atoms with Gasteiger partial charge in [-0.25, -0.2) is 14.6 Å². The predicted molar refractivity (Wildman–Crippen MR) is 101 cm³/mol. The summed E-state index contributed by atoms with van der Waals surface area (Å²) in [6.45, 7) is 3.55. The van der Waals surface area contributed by atoms with Gasteiger partial charge >= 0.3 is 11.7 Å². The molecule has 3 rings (SSSR count). The van der Waals surface area contributed by atoms with Crippen LogP contribution in [0.2, 0.25) is 0 Å². The Morgan fingerprint density at radius 1 is 1.22 bits per heavy atom. The molecule has 0 saturated carbocycles. The maximum Gasteiger partial charge on any atom is 0.347 e. The molecule has 2 aromatic rings. The first kappa shape index (κ1) is 18.6. The van der Waals surface area contributed by atoms with E-state index in [9.17, 15) is 14.4 Å². The van der Waals surface area contributed by atoms with Crippen molar-refractivity contribution in [2.24, 2.45) is 0 Å². The Balaban J connectivity index is 1.58. The molecule has 2 N–H and O–H groups in total. The normalized spacial score (nSPS) is 14.6. The van der Waals surface area contributed by atoms with Gasteiger partial charge in [0.2, 0.25) is 5.91 Å². The lowest BCUT2D eigenvalue weighted by molar-refractivity contribution is -0.131. The lowest BCUT2D eigenvalue weighted by Crippen LogP contribution is -2.47. The number of rotatable bonds is 5. The summed E-state index contributed by atoms with van der Waals surface area (Å²) in [5.74, 6) is -0.0626. The molecule has 1 aliphatic heterocycles. The summed E-state index contributed by atoms with van der Waals surface area (Å²) in [4.78, 5) is 41.7. The molecular formula is C19H23N5O3. The highest BCUT2D eigenvalue weighted by atomic mass is 16.2. The minimum absolute atomic E-state index is 0.0626. The van der Waals surface area contributed by atoms with Crippen LogP contribution in [0.4, 0.5) is 10.5 Å². The number of carbonyl (C=O) groups is 2. The summed E-state index contributed by atoms with van der Waals surface area (Å²) in [7, 11) is 0. The molecule has 2 heterocycles. The Labute approximate surface area is 157 Å². The molecule has 0 unspecified atom stereocenters. The van der Waals surface area contributed by atoms with E-state index in [4.69, 9.17) is 0 Å². The van der Waals surface area contributed by atoms with Crippen LogP contribution in [-0.4, -0.2) is 45.5 Å². The molecule has 0 radical (unpaired) electrons. The molecule has 0 bridgehead atoms. The fourth-order valence-electron chi connectivity index (χ4n) is 3.09. The van der Waals surface area contributed by atoms with E-state index in [-0.39, 0.29) is 11.6 Å². The van der Waals surface area contributed by atoms with Crippen molar-refractivity contribution in [2.75, 3.05) is 18.4 Å². The summed E-state index contributed by atoms with van der Waals surface area (Å²) in [5, 5.41) is 5.41. The van der Waals surface area contributed by atoms with Crippen LogP contribution >= 0.6 is 0 Å². The Morgan fingerprint density at radius 2 is 2.00 bits per heavy atom. The molecule has 1 atom stereocenters. The largest absolute Gasteiger partial charge is 0.347 e. The van der Waals surface area contributed by atoms with Gasteiger partial charge in [0.15, 0.2) is 0 Å². The lowest BCUT2D eigenvalue weighted by atomic mass is 10.2. The van der Waals surface area contributed by atoms with Crippen molar-refractivity contribution in [1.82, 2.24) is 19.8 Å². The number of nitrogens with one attached hydrogen (secondary N) is 2. The number of urea groups is 1. The van der Waals surface area contributed by atoms with Crippen molar-refractivity contribution in [3.05, 3.63) is 58.8 Å². The van der Waals surface area contributed by atoms with Gasteiger partial charge in [-0.1, -0.05) is 12.1 Å². The fourth-order valence-corrected chi connectivity index (χ4v) is 3.09. The number of amides is 3. The van der Waals surface area contributed by atoms with Gasteiger partial charge in [-0.15, -0.1) is 0 Å². The number of aromatic nitrogens is 2. The first-order valence-corrected chi connectivity index (χ1v) is 8.99. The van der Waals surface area contributed by atoms with Crippen LogP contribution in [0.15, 0.2) is 47.5 Å². The summed E-state index contributed by atoms with van der Waals surface area (Å²) in [5.41, 5.74) is 1.11. The van der Waals surface area contributed by atoms with Crippen molar-refractivity contribution < 1.29 is 9.59 Å². The molecule has 1 aromatic carbocycles. The molecule has 1 aromatic heterocycles. The second-order valence-electron chi connectivity index (χ2n) is 6.58. The van der Waals surface area contributed by atoms with Crippen LogP contribution in [0.5, 0.6) is 0 Å². The zero-order valence-corrected chi connectivity index (χ0v) is 15.2. The Hall–Kier alpha value is -3.16. The van der Waals surface area contributed by atoms with Crippen molar-refractivity contribution in [1.29, 1.82) is 0 Å². The number of nitrogens with zero attached hydrogens (tertiary/aromatic N) is 3. The van der Waals surface area contributed by atoms with E-state index in [0.29, 0.717) is 12.2 Å². The molecule has 0 spiro atoms.